The molecule has 0 aliphatic heterocycles. The van der Waals surface area contributed by atoms with Crippen molar-refractivity contribution in [3.05, 3.63) is 47.6 Å². The summed E-state index contributed by atoms with van der Waals surface area (Å²) >= 11 is 1.45. The van der Waals surface area contributed by atoms with Crippen LogP contribution >= 0.6 is 11.3 Å². The highest BCUT2D eigenvalue weighted by Gasteiger charge is 2.35. The first-order valence-corrected chi connectivity index (χ1v) is 9.11. The van der Waals surface area contributed by atoms with Gasteiger partial charge in [0.2, 0.25) is 5.91 Å². The van der Waals surface area contributed by atoms with Crippen LogP contribution in [0, 0.1) is 0 Å². The number of amides is 1. The Labute approximate surface area is 144 Å². The first-order valence-electron chi connectivity index (χ1n) is 8.23. The normalized spacial score (nSPS) is 15.8. The number of thiazole rings is 1. The molecule has 0 unspecified atom stereocenters. The van der Waals surface area contributed by atoms with E-state index in [4.69, 9.17) is 0 Å². The maximum Gasteiger partial charge on any atom is 0.243 e. The molecule has 0 radical (unpaired) electrons. The van der Waals surface area contributed by atoms with E-state index < -0.39 is 0 Å². The third-order valence-corrected chi connectivity index (χ3v) is 5.23. The Morgan fingerprint density at radius 2 is 2.33 bits per heavy atom. The number of anilines is 1. The standard InChI is InChI=1S/C18H20N4OS/c1-12(17(23)21-18-20-8-9-24-18)22(15-3-4-15)11-13-2-5-16-14(10-13)6-7-19-16/h2,5-10,12,15,19H,3-4,11H2,1H3,(H,20,21,23)/t12-/m0/s1. The lowest BCUT2D eigenvalue weighted by molar-refractivity contribution is -0.121. The van der Waals surface area contributed by atoms with Crippen LogP contribution in [0.1, 0.15) is 25.3 Å². The topological polar surface area (TPSA) is 61.0 Å². The maximum absolute atomic E-state index is 12.6. The van der Waals surface area contributed by atoms with Gasteiger partial charge in [-0.1, -0.05) is 6.07 Å². The van der Waals surface area contributed by atoms with Gasteiger partial charge in [-0.2, -0.15) is 0 Å². The summed E-state index contributed by atoms with van der Waals surface area (Å²) in [7, 11) is 0. The van der Waals surface area contributed by atoms with Crippen molar-refractivity contribution >= 4 is 33.3 Å². The Balaban J connectivity index is 1.49. The maximum atomic E-state index is 12.6. The highest BCUT2D eigenvalue weighted by atomic mass is 32.1. The summed E-state index contributed by atoms with van der Waals surface area (Å²) in [6.45, 7) is 2.77. The molecule has 1 fully saturated rings. The predicted octanol–water partition coefficient (Wildman–Crippen LogP) is 3.62. The third-order valence-electron chi connectivity index (χ3n) is 4.54. The van der Waals surface area contributed by atoms with Crippen LogP contribution < -0.4 is 5.32 Å². The van der Waals surface area contributed by atoms with E-state index in [0.717, 1.165) is 12.1 Å². The van der Waals surface area contributed by atoms with Gasteiger partial charge in [-0.25, -0.2) is 4.98 Å². The minimum Gasteiger partial charge on any atom is -0.361 e. The fourth-order valence-electron chi connectivity index (χ4n) is 3.05. The van der Waals surface area contributed by atoms with Gasteiger partial charge in [0.05, 0.1) is 6.04 Å². The summed E-state index contributed by atoms with van der Waals surface area (Å²) in [4.78, 5) is 22.2. The van der Waals surface area contributed by atoms with Crippen LogP contribution in [-0.2, 0) is 11.3 Å². The van der Waals surface area contributed by atoms with Gasteiger partial charge in [0.1, 0.15) is 0 Å². The van der Waals surface area contributed by atoms with Crippen LogP contribution in [0.2, 0.25) is 0 Å². The predicted molar refractivity (Wildman–Crippen MR) is 97.1 cm³/mol. The average Bonchev–Trinajstić information content (AvgIpc) is 3.09. The number of nitrogens with one attached hydrogen (secondary N) is 2. The van der Waals surface area contributed by atoms with Gasteiger partial charge in [0.15, 0.2) is 5.13 Å². The summed E-state index contributed by atoms with van der Waals surface area (Å²) in [6, 6.07) is 8.86. The van der Waals surface area contributed by atoms with Crippen molar-refractivity contribution < 1.29 is 4.79 Å². The molecule has 5 nitrogen and oxygen atoms in total. The molecule has 2 N–H and O–H groups in total. The number of rotatable bonds is 6. The van der Waals surface area contributed by atoms with E-state index in [2.05, 4.69) is 44.5 Å². The molecule has 0 spiro atoms. The minimum absolute atomic E-state index is 0.0135. The van der Waals surface area contributed by atoms with Crippen molar-refractivity contribution in [3.8, 4) is 0 Å². The Bertz CT molecular complexity index is 838. The van der Waals surface area contributed by atoms with Crippen molar-refractivity contribution in [1.29, 1.82) is 0 Å². The number of hydrogen-bond acceptors (Lipinski definition) is 4. The lowest BCUT2D eigenvalue weighted by Gasteiger charge is -2.28. The van der Waals surface area contributed by atoms with Crippen LogP contribution in [0.4, 0.5) is 5.13 Å². The first-order chi connectivity index (χ1) is 11.7. The molecule has 1 aliphatic rings. The zero-order chi connectivity index (χ0) is 16.5. The lowest BCUT2D eigenvalue weighted by atomic mass is 10.1. The van der Waals surface area contributed by atoms with Gasteiger partial charge in [-0.15, -0.1) is 11.3 Å². The van der Waals surface area contributed by atoms with Crippen LogP contribution in [0.25, 0.3) is 10.9 Å². The Kier molecular flexibility index (Phi) is 4.08. The zero-order valence-electron chi connectivity index (χ0n) is 13.5. The molecule has 1 atom stereocenters. The molecule has 1 aromatic carbocycles. The molecular weight excluding hydrogens is 320 g/mol. The zero-order valence-corrected chi connectivity index (χ0v) is 14.3. The SMILES string of the molecule is C[C@@H](C(=O)Nc1nccs1)N(Cc1ccc2[nH]ccc2c1)C1CC1. The summed E-state index contributed by atoms with van der Waals surface area (Å²) in [5.74, 6) is 0.0135. The lowest BCUT2D eigenvalue weighted by Crippen LogP contribution is -2.42. The summed E-state index contributed by atoms with van der Waals surface area (Å²) in [6.07, 6.45) is 6.00. The number of carbonyl (C=O) groups excluding carboxylic acids is 1. The van der Waals surface area contributed by atoms with Crippen molar-refractivity contribution in [2.24, 2.45) is 0 Å². The molecule has 2 heterocycles. The second-order valence-corrected chi connectivity index (χ2v) is 7.20. The number of hydrogen-bond donors (Lipinski definition) is 2. The van der Waals surface area contributed by atoms with Crippen molar-refractivity contribution in [2.45, 2.75) is 38.4 Å². The van der Waals surface area contributed by atoms with Gasteiger partial charge in [0.25, 0.3) is 0 Å². The summed E-state index contributed by atoms with van der Waals surface area (Å²) in [5.41, 5.74) is 2.38. The van der Waals surface area contributed by atoms with Crippen LogP contribution in [0.5, 0.6) is 0 Å². The molecule has 4 rings (SSSR count). The van der Waals surface area contributed by atoms with Gasteiger partial charge < -0.3 is 10.3 Å². The second kappa shape index (κ2) is 6.37. The Morgan fingerprint density at radius 1 is 1.46 bits per heavy atom. The molecular formula is C18H20N4OS. The molecule has 1 aliphatic carbocycles. The van der Waals surface area contributed by atoms with Crippen LogP contribution in [0.3, 0.4) is 0 Å². The monoisotopic (exact) mass is 340 g/mol. The number of benzene rings is 1. The Hall–Kier alpha value is -2.18. The number of nitrogens with zero attached hydrogens (tertiary/aromatic N) is 2. The number of aromatic amines is 1. The fraction of sp³-hybridized carbons (Fsp3) is 0.333. The van der Waals surface area contributed by atoms with E-state index in [1.165, 1.54) is 35.1 Å². The molecule has 0 bridgehead atoms. The van der Waals surface area contributed by atoms with E-state index in [9.17, 15) is 4.79 Å². The third kappa shape index (κ3) is 3.20. The van der Waals surface area contributed by atoms with Gasteiger partial charge >= 0.3 is 0 Å². The quantitative estimate of drug-likeness (QED) is 0.720. The molecule has 3 aromatic rings. The minimum atomic E-state index is -0.177. The van der Waals surface area contributed by atoms with E-state index in [-0.39, 0.29) is 11.9 Å². The van der Waals surface area contributed by atoms with Crippen molar-refractivity contribution in [1.82, 2.24) is 14.9 Å². The van der Waals surface area contributed by atoms with Gasteiger partial charge in [-0.05, 0) is 48.9 Å². The molecule has 24 heavy (non-hydrogen) atoms. The number of H-pyrrole nitrogens is 1. The Morgan fingerprint density at radius 3 is 3.08 bits per heavy atom. The van der Waals surface area contributed by atoms with Crippen LogP contribution in [-0.4, -0.2) is 32.9 Å². The summed E-state index contributed by atoms with van der Waals surface area (Å²) < 4.78 is 0. The fourth-order valence-corrected chi connectivity index (χ4v) is 3.58. The van der Waals surface area contributed by atoms with Gasteiger partial charge in [-0.3, -0.25) is 9.69 Å². The molecule has 1 saturated carbocycles. The number of aromatic nitrogens is 2. The molecule has 6 heteroatoms. The van der Waals surface area contributed by atoms with Crippen molar-refractivity contribution in [3.63, 3.8) is 0 Å². The van der Waals surface area contributed by atoms with Crippen molar-refractivity contribution in [2.75, 3.05) is 5.32 Å². The van der Waals surface area contributed by atoms with Crippen LogP contribution in [0.15, 0.2) is 42.0 Å². The molecule has 124 valence electrons. The summed E-state index contributed by atoms with van der Waals surface area (Å²) in [5, 5.41) is 6.66. The number of carbonyl (C=O) groups is 1. The number of fused-ring (bicyclic) bond motifs is 1. The van der Waals surface area contributed by atoms with E-state index in [1.807, 2.05) is 18.5 Å². The largest absolute Gasteiger partial charge is 0.361 e. The highest BCUT2D eigenvalue weighted by Crippen LogP contribution is 2.31. The van der Waals surface area contributed by atoms with E-state index in [0.29, 0.717) is 11.2 Å². The second-order valence-electron chi connectivity index (χ2n) is 6.31. The molecule has 1 amide bonds. The smallest absolute Gasteiger partial charge is 0.243 e. The molecule has 2 aromatic heterocycles. The van der Waals surface area contributed by atoms with E-state index in [1.54, 1.807) is 6.20 Å². The molecule has 0 saturated heterocycles. The first kappa shape index (κ1) is 15.4. The average molecular weight is 340 g/mol. The van der Waals surface area contributed by atoms with E-state index >= 15 is 0 Å². The highest BCUT2D eigenvalue weighted by molar-refractivity contribution is 7.13. The van der Waals surface area contributed by atoms with Gasteiger partial charge in [0, 0.05) is 35.9 Å².